The zero-order chi connectivity index (χ0) is 12.9. The van der Waals surface area contributed by atoms with Crippen LogP contribution in [0.3, 0.4) is 0 Å². The van der Waals surface area contributed by atoms with E-state index in [4.69, 9.17) is 0 Å². The maximum absolute atomic E-state index is 2.92. The lowest BCUT2D eigenvalue weighted by atomic mass is 10.1. The number of aryl methyl sites for hydroxylation is 2. The highest BCUT2D eigenvalue weighted by atomic mass is 14.8. The van der Waals surface area contributed by atoms with E-state index in [0.717, 1.165) is 0 Å². The summed E-state index contributed by atoms with van der Waals surface area (Å²) in [7, 11) is 0. The van der Waals surface area contributed by atoms with Crippen LogP contribution in [-0.4, -0.2) is 0 Å². The topological polar surface area (TPSA) is 12.0 Å². The highest BCUT2D eigenvalue weighted by Gasteiger charge is 2.11. The summed E-state index contributed by atoms with van der Waals surface area (Å²) in [6.45, 7) is 0. The molecule has 94 valence electrons. The van der Waals surface area contributed by atoms with Crippen molar-refractivity contribution in [2.75, 3.05) is 0 Å². The van der Waals surface area contributed by atoms with Gasteiger partial charge in [0, 0.05) is 12.4 Å². The molecule has 0 saturated heterocycles. The van der Waals surface area contributed by atoms with Gasteiger partial charge in [0.15, 0.2) is 0 Å². The van der Waals surface area contributed by atoms with E-state index >= 15 is 0 Å². The van der Waals surface area contributed by atoms with Crippen molar-refractivity contribution in [3.63, 3.8) is 0 Å². The summed E-state index contributed by atoms with van der Waals surface area (Å²) in [5, 5.41) is 5.84. The van der Waals surface area contributed by atoms with Crippen LogP contribution in [0.15, 0.2) is 73.1 Å². The van der Waals surface area contributed by atoms with Gasteiger partial charge in [-0.1, -0.05) is 48.6 Å². The van der Waals surface area contributed by atoms with E-state index < -0.39 is 0 Å². The molecule has 1 heteroatoms. The molecular formula is C18H17N. The molecular weight excluding hydrogens is 230 g/mol. The molecule has 1 nitrogen and oxygen atoms in total. The number of nitrogens with one attached hydrogen (secondary N) is 1. The van der Waals surface area contributed by atoms with Gasteiger partial charge in [0.2, 0.25) is 0 Å². The number of allylic oxidation sites excluding steroid dienone is 4. The summed E-state index contributed by atoms with van der Waals surface area (Å²) in [6, 6.07) is 13.2. The average molecular weight is 247 g/mol. The van der Waals surface area contributed by atoms with Gasteiger partial charge in [-0.15, -0.1) is 0 Å². The first-order chi connectivity index (χ1) is 9.45. The van der Waals surface area contributed by atoms with Gasteiger partial charge in [0.25, 0.3) is 0 Å². The van der Waals surface area contributed by atoms with Crippen LogP contribution in [0.5, 0.6) is 0 Å². The van der Waals surface area contributed by atoms with E-state index in [9.17, 15) is 0 Å². The first-order valence-corrected chi connectivity index (χ1v) is 6.69. The fourth-order valence-electron chi connectivity index (χ4n) is 2.59. The average Bonchev–Trinajstić information content (AvgIpc) is 2.69. The fourth-order valence-corrected chi connectivity index (χ4v) is 2.59. The second-order valence-electron chi connectivity index (χ2n) is 4.70. The van der Waals surface area contributed by atoms with Crippen LogP contribution in [0, 0.1) is 0 Å². The molecule has 2 aromatic carbocycles. The van der Waals surface area contributed by atoms with Crippen LogP contribution in [0.4, 0.5) is 0 Å². The van der Waals surface area contributed by atoms with E-state index in [2.05, 4.69) is 41.7 Å². The van der Waals surface area contributed by atoms with E-state index in [1.807, 2.05) is 36.7 Å². The molecule has 1 aliphatic carbocycles. The summed E-state index contributed by atoms with van der Waals surface area (Å²) < 4.78 is 0. The van der Waals surface area contributed by atoms with Crippen molar-refractivity contribution in [1.82, 2.24) is 5.32 Å². The molecule has 1 N–H and O–H groups in total. The maximum atomic E-state index is 2.92. The second-order valence-corrected chi connectivity index (χ2v) is 4.70. The first kappa shape index (κ1) is 11.8. The monoisotopic (exact) mass is 247 g/mol. The number of hydrogen-bond acceptors (Lipinski definition) is 1. The zero-order valence-corrected chi connectivity index (χ0v) is 10.8. The minimum atomic E-state index is 1.23. The lowest BCUT2D eigenvalue weighted by Crippen LogP contribution is -1.87. The molecule has 0 bridgehead atoms. The minimum Gasteiger partial charge on any atom is -0.368 e. The Bertz CT molecular complexity index is 610. The van der Waals surface area contributed by atoms with E-state index in [1.54, 1.807) is 0 Å². The van der Waals surface area contributed by atoms with Crippen molar-refractivity contribution < 1.29 is 0 Å². The van der Waals surface area contributed by atoms with Crippen LogP contribution >= 0.6 is 0 Å². The number of benzene rings is 2. The standard InChI is InChI=1S/C12H10.C6H7N/c1-3-9-4-2-6-11-8-7-10(5-1)12(9)11;1-2-4-6-7-5-3-1/h1-6H,7-8H2;1-7H. The molecule has 0 amide bonds. The van der Waals surface area contributed by atoms with E-state index in [-0.39, 0.29) is 0 Å². The van der Waals surface area contributed by atoms with Gasteiger partial charge in [0.05, 0.1) is 0 Å². The first-order valence-electron chi connectivity index (χ1n) is 6.69. The Balaban J connectivity index is 0.000000136. The molecule has 2 aliphatic rings. The Morgan fingerprint density at radius 1 is 0.684 bits per heavy atom. The van der Waals surface area contributed by atoms with Crippen molar-refractivity contribution in [2.24, 2.45) is 0 Å². The van der Waals surface area contributed by atoms with Gasteiger partial charge in [-0.25, -0.2) is 0 Å². The van der Waals surface area contributed by atoms with Crippen molar-refractivity contribution in [3.8, 4) is 0 Å². The fraction of sp³-hybridized carbons (Fsp3) is 0.111. The van der Waals surface area contributed by atoms with Crippen LogP contribution < -0.4 is 5.32 Å². The molecule has 1 aliphatic heterocycles. The van der Waals surface area contributed by atoms with Gasteiger partial charge in [0.1, 0.15) is 0 Å². The van der Waals surface area contributed by atoms with Crippen molar-refractivity contribution >= 4 is 10.8 Å². The molecule has 19 heavy (non-hydrogen) atoms. The maximum Gasteiger partial charge on any atom is 0.000442 e. The summed E-state index contributed by atoms with van der Waals surface area (Å²) in [4.78, 5) is 0. The summed E-state index contributed by atoms with van der Waals surface area (Å²) in [6.07, 6.45) is 14.0. The summed E-state index contributed by atoms with van der Waals surface area (Å²) >= 11 is 0. The predicted octanol–water partition coefficient (Wildman–Crippen LogP) is 4.11. The third kappa shape index (κ3) is 2.60. The SMILES string of the molecule is C1=CC=CNC=C1.c1cc2c3c(cccc3c1)CC2. The molecule has 0 saturated carbocycles. The molecule has 4 rings (SSSR count). The molecule has 0 unspecified atom stereocenters. The highest BCUT2D eigenvalue weighted by molar-refractivity contribution is 5.90. The van der Waals surface area contributed by atoms with Crippen LogP contribution in [0.25, 0.3) is 10.8 Å². The summed E-state index contributed by atoms with van der Waals surface area (Å²) in [5.74, 6) is 0. The van der Waals surface area contributed by atoms with Crippen LogP contribution in [0.2, 0.25) is 0 Å². The van der Waals surface area contributed by atoms with Gasteiger partial charge in [-0.3, -0.25) is 0 Å². The Kier molecular flexibility index (Phi) is 3.46. The number of rotatable bonds is 0. The predicted molar refractivity (Wildman–Crippen MR) is 81.9 cm³/mol. The second kappa shape index (κ2) is 5.57. The van der Waals surface area contributed by atoms with Gasteiger partial charge < -0.3 is 5.32 Å². The smallest absolute Gasteiger partial charge is 0.000442 e. The Hall–Kier alpha value is -2.28. The van der Waals surface area contributed by atoms with Gasteiger partial charge >= 0.3 is 0 Å². The lowest BCUT2D eigenvalue weighted by molar-refractivity contribution is 1.02. The third-order valence-electron chi connectivity index (χ3n) is 3.46. The van der Waals surface area contributed by atoms with Crippen LogP contribution in [0.1, 0.15) is 11.1 Å². The van der Waals surface area contributed by atoms with Crippen molar-refractivity contribution in [2.45, 2.75) is 12.8 Å². The van der Waals surface area contributed by atoms with E-state index in [0.29, 0.717) is 0 Å². The van der Waals surface area contributed by atoms with Crippen LogP contribution in [-0.2, 0) is 12.8 Å². The van der Waals surface area contributed by atoms with Gasteiger partial charge in [-0.2, -0.15) is 0 Å². The number of hydrogen-bond donors (Lipinski definition) is 1. The van der Waals surface area contributed by atoms with Gasteiger partial charge in [-0.05, 0) is 46.9 Å². The minimum absolute atomic E-state index is 1.23. The Morgan fingerprint density at radius 2 is 1.26 bits per heavy atom. The molecule has 0 fully saturated rings. The molecule has 0 aromatic heterocycles. The quantitative estimate of drug-likeness (QED) is 0.738. The van der Waals surface area contributed by atoms with Crippen molar-refractivity contribution in [3.05, 3.63) is 84.2 Å². The lowest BCUT2D eigenvalue weighted by Gasteiger charge is -1.99. The Labute approximate surface area is 114 Å². The van der Waals surface area contributed by atoms with E-state index in [1.165, 1.54) is 34.7 Å². The molecule has 0 spiro atoms. The largest absolute Gasteiger partial charge is 0.368 e. The zero-order valence-electron chi connectivity index (χ0n) is 10.8. The third-order valence-corrected chi connectivity index (χ3v) is 3.46. The van der Waals surface area contributed by atoms with Crippen molar-refractivity contribution in [1.29, 1.82) is 0 Å². The molecule has 0 atom stereocenters. The molecule has 0 radical (unpaired) electrons. The summed E-state index contributed by atoms with van der Waals surface area (Å²) in [5.41, 5.74) is 3.06. The molecule has 2 aromatic rings. The normalized spacial score (nSPS) is 14.7. The highest BCUT2D eigenvalue weighted by Crippen LogP contribution is 2.29. The Morgan fingerprint density at radius 3 is 1.84 bits per heavy atom. The molecule has 1 heterocycles.